The summed E-state index contributed by atoms with van der Waals surface area (Å²) in [6, 6.07) is 13.1. The zero-order valence-corrected chi connectivity index (χ0v) is 19.3. The summed E-state index contributed by atoms with van der Waals surface area (Å²) < 4.78 is 33.0. The average Bonchev–Trinajstić information content (AvgIpc) is 2.82. The van der Waals surface area contributed by atoms with Crippen molar-refractivity contribution in [1.29, 1.82) is 0 Å². The van der Waals surface area contributed by atoms with Crippen LogP contribution in [0.5, 0.6) is 5.75 Å². The third-order valence-electron chi connectivity index (χ3n) is 5.67. The van der Waals surface area contributed by atoms with Crippen molar-refractivity contribution in [3.05, 3.63) is 93.5 Å². The summed E-state index contributed by atoms with van der Waals surface area (Å²) in [5, 5.41) is 3.00. The number of urea groups is 1. The highest BCUT2D eigenvalue weighted by atomic mass is 35.5. The van der Waals surface area contributed by atoms with E-state index in [-0.39, 0.29) is 35.6 Å². The summed E-state index contributed by atoms with van der Waals surface area (Å²) in [5.74, 6) is -1.01. The molecular formula is C25H22ClF2N3O3. The van der Waals surface area contributed by atoms with E-state index < -0.39 is 11.6 Å². The SMILES string of the molecule is COc1cc(F)ccc1CNC(=O)c1ccc2c(c1)N(Cc1c(F)cccc1Cl)C(=O)N(C)C2. The summed E-state index contributed by atoms with van der Waals surface area (Å²) >= 11 is 6.19. The molecule has 0 saturated heterocycles. The molecule has 3 aromatic carbocycles. The normalized spacial score (nSPS) is 13.0. The predicted molar refractivity (Wildman–Crippen MR) is 125 cm³/mol. The largest absolute Gasteiger partial charge is 0.496 e. The third kappa shape index (κ3) is 4.68. The van der Waals surface area contributed by atoms with Crippen LogP contribution in [0.2, 0.25) is 5.02 Å². The van der Waals surface area contributed by atoms with E-state index in [4.69, 9.17) is 16.3 Å². The van der Waals surface area contributed by atoms with Crippen LogP contribution in [0.15, 0.2) is 54.6 Å². The molecule has 3 amide bonds. The lowest BCUT2D eigenvalue weighted by Crippen LogP contribution is -2.45. The van der Waals surface area contributed by atoms with Crippen LogP contribution in [0.3, 0.4) is 0 Å². The molecule has 0 aliphatic carbocycles. The zero-order chi connectivity index (χ0) is 24.4. The summed E-state index contributed by atoms with van der Waals surface area (Å²) in [5.41, 5.74) is 2.45. The maximum atomic E-state index is 14.4. The Hall–Kier alpha value is -3.65. The Morgan fingerprint density at radius 1 is 1.15 bits per heavy atom. The Bertz CT molecular complexity index is 1250. The van der Waals surface area contributed by atoms with Crippen molar-refractivity contribution in [3.8, 4) is 5.75 Å². The Balaban J connectivity index is 1.60. The molecule has 0 fully saturated rings. The molecule has 3 aromatic rings. The number of methoxy groups -OCH3 is 1. The number of hydrogen-bond donors (Lipinski definition) is 1. The number of carbonyl (C=O) groups is 2. The molecule has 0 unspecified atom stereocenters. The first-order valence-electron chi connectivity index (χ1n) is 10.5. The maximum absolute atomic E-state index is 14.4. The molecular weight excluding hydrogens is 464 g/mol. The number of hydrogen-bond acceptors (Lipinski definition) is 3. The van der Waals surface area contributed by atoms with Gasteiger partial charge in [-0.3, -0.25) is 9.69 Å². The Labute approximate surface area is 200 Å². The van der Waals surface area contributed by atoms with Gasteiger partial charge in [0.2, 0.25) is 0 Å². The van der Waals surface area contributed by atoms with Crippen molar-refractivity contribution in [3.63, 3.8) is 0 Å². The Morgan fingerprint density at radius 3 is 2.68 bits per heavy atom. The van der Waals surface area contributed by atoms with Crippen molar-refractivity contribution in [2.75, 3.05) is 19.1 Å². The number of nitrogens with one attached hydrogen (secondary N) is 1. The van der Waals surface area contributed by atoms with Crippen LogP contribution in [0.25, 0.3) is 0 Å². The van der Waals surface area contributed by atoms with Gasteiger partial charge in [-0.15, -0.1) is 0 Å². The Kier molecular flexibility index (Phi) is 6.70. The number of anilines is 1. The monoisotopic (exact) mass is 485 g/mol. The zero-order valence-electron chi connectivity index (χ0n) is 18.6. The second-order valence-corrected chi connectivity index (χ2v) is 8.31. The van der Waals surface area contributed by atoms with Crippen molar-refractivity contribution in [2.24, 2.45) is 0 Å². The van der Waals surface area contributed by atoms with Gasteiger partial charge < -0.3 is 15.0 Å². The number of fused-ring (bicyclic) bond motifs is 1. The maximum Gasteiger partial charge on any atom is 0.324 e. The van der Waals surface area contributed by atoms with Gasteiger partial charge in [0.25, 0.3) is 5.91 Å². The van der Waals surface area contributed by atoms with E-state index >= 15 is 0 Å². The summed E-state index contributed by atoms with van der Waals surface area (Å²) in [4.78, 5) is 28.7. The van der Waals surface area contributed by atoms with Crippen molar-refractivity contribution in [2.45, 2.75) is 19.6 Å². The van der Waals surface area contributed by atoms with Gasteiger partial charge in [0, 0.05) is 47.9 Å². The minimum atomic E-state index is -0.516. The predicted octanol–water partition coefficient (Wildman–Crippen LogP) is 5.13. The van der Waals surface area contributed by atoms with E-state index in [2.05, 4.69) is 5.32 Å². The molecule has 0 atom stereocenters. The second kappa shape index (κ2) is 9.69. The summed E-state index contributed by atoms with van der Waals surface area (Å²) in [6.07, 6.45) is 0. The summed E-state index contributed by atoms with van der Waals surface area (Å²) in [6.45, 7) is 0.388. The Morgan fingerprint density at radius 2 is 1.94 bits per heavy atom. The van der Waals surface area contributed by atoms with Gasteiger partial charge in [-0.2, -0.15) is 0 Å². The molecule has 176 valence electrons. The molecule has 0 bridgehead atoms. The van der Waals surface area contributed by atoms with E-state index in [9.17, 15) is 18.4 Å². The fraction of sp³-hybridized carbons (Fsp3) is 0.200. The molecule has 0 radical (unpaired) electrons. The number of benzene rings is 3. The standard InChI is InChI=1S/C25H22ClF2N3O3/c1-30-13-17-7-6-15(24(32)29-12-16-8-9-18(27)11-23(16)34-2)10-22(17)31(25(30)33)14-19-20(26)4-3-5-21(19)28/h3-11H,12-14H2,1-2H3,(H,29,32). The second-order valence-electron chi connectivity index (χ2n) is 7.91. The molecule has 4 rings (SSSR count). The molecule has 1 aliphatic rings. The van der Waals surface area contributed by atoms with Gasteiger partial charge in [0.15, 0.2) is 0 Å². The molecule has 0 saturated carbocycles. The minimum Gasteiger partial charge on any atom is -0.496 e. The van der Waals surface area contributed by atoms with Crippen LogP contribution < -0.4 is 15.0 Å². The van der Waals surface area contributed by atoms with Crippen molar-refractivity contribution < 1.29 is 23.1 Å². The first-order valence-corrected chi connectivity index (χ1v) is 10.9. The number of nitrogens with zero attached hydrogens (tertiary/aromatic N) is 2. The van der Waals surface area contributed by atoms with Gasteiger partial charge in [-0.25, -0.2) is 13.6 Å². The highest BCUT2D eigenvalue weighted by Gasteiger charge is 2.30. The first-order chi connectivity index (χ1) is 16.3. The third-order valence-corrected chi connectivity index (χ3v) is 6.02. The number of halogens is 3. The van der Waals surface area contributed by atoms with E-state index in [0.29, 0.717) is 29.1 Å². The fourth-order valence-corrected chi connectivity index (χ4v) is 4.08. The molecule has 0 spiro atoms. The van der Waals surface area contributed by atoms with Crippen LogP contribution in [0.1, 0.15) is 27.0 Å². The lowest BCUT2D eigenvalue weighted by molar-refractivity contribution is 0.0950. The van der Waals surface area contributed by atoms with Crippen LogP contribution >= 0.6 is 11.6 Å². The van der Waals surface area contributed by atoms with Gasteiger partial charge in [0.05, 0.1) is 19.3 Å². The van der Waals surface area contributed by atoms with E-state index in [1.54, 1.807) is 31.3 Å². The van der Waals surface area contributed by atoms with Gasteiger partial charge in [-0.05, 0) is 35.9 Å². The van der Waals surface area contributed by atoms with E-state index in [1.807, 2.05) is 0 Å². The van der Waals surface area contributed by atoms with Crippen LogP contribution in [0.4, 0.5) is 19.3 Å². The van der Waals surface area contributed by atoms with Crippen LogP contribution in [-0.2, 0) is 19.6 Å². The average molecular weight is 486 g/mol. The number of carbonyl (C=O) groups excluding carboxylic acids is 2. The van der Waals surface area contributed by atoms with Gasteiger partial charge in [0.1, 0.15) is 17.4 Å². The molecule has 1 heterocycles. The smallest absolute Gasteiger partial charge is 0.324 e. The molecule has 34 heavy (non-hydrogen) atoms. The molecule has 1 aliphatic heterocycles. The number of ether oxygens (including phenoxy) is 1. The van der Waals surface area contributed by atoms with Gasteiger partial charge >= 0.3 is 6.03 Å². The highest BCUT2D eigenvalue weighted by molar-refractivity contribution is 6.31. The first kappa shape index (κ1) is 23.5. The van der Waals surface area contributed by atoms with Crippen molar-refractivity contribution >= 4 is 29.2 Å². The molecule has 9 heteroatoms. The van der Waals surface area contributed by atoms with Crippen molar-refractivity contribution in [1.82, 2.24) is 10.2 Å². The molecule has 6 nitrogen and oxygen atoms in total. The van der Waals surface area contributed by atoms with Crippen LogP contribution in [0, 0.1) is 11.6 Å². The molecule has 1 N–H and O–H groups in total. The highest BCUT2D eigenvalue weighted by Crippen LogP contribution is 2.32. The number of amides is 3. The van der Waals surface area contributed by atoms with E-state index in [1.165, 1.54) is 47.2 Å². The lowest BCUT2D eigenvalue weighted by Gasteiger charge is -2.35. The quantitative estimate of drug-likeness (QED) is 0.526. The molecule has 0 aromatic heterocycles. The minimum absolute atomic E-state index is 0.0838. The van der Waals surface area contributed by atoms with E-state index in [0.717, 1.165) is 5.56 Å². The topological polar surface area (TPSA) is 61.9 Å². The summed E-state index contributed by atoms with van der Waals surface area (Å²) in [7, 11) is 3.08. The van der Waals surface area contributed by atoms with Gasteiger partial charge in [-0.1, -0.05) is 29.8 Å². The lowest BCUT2D eigenvalue weighted by atomic mass is 10.0. The number of rotatable bonds is 6. The fourth-order valence-electron chi connectivity index (χ4n) is 3.86. The van der Waals surface area contributed by atoms with Crippen LogP contribution in [-0.4, -0.2) is 31.0 Å².